The molecule has 2 aliphatic heterocycles. The Balaban J connectivity index is 1.19. The number of allylic oxidation sites excluding steroid dienone is 1. The van der Waals surface area contributed by atoms with E-state index in [-0.39, 0.29) is 36.7 Å². The number of hydrogen-bond donors (Lipinski definition) is 4. The Morgan fingerprint density at radius 2 is 1.78 bits per heavy atom. The maximum Gasteiger partial charge on any atom is 0.408 e. The maximum atomic E-state index is 15.0. The second kappa shape index (κ2) is 20.1. The van der Waals surface area contributed by atoms with Crippen LogP contribution in [0.15, 0.2) is 77.0 Å². The van der Waals surface area contributed by atoms with Gasteiger partial charge >= 0.3 is 12.1 Å². The fourth-order valence-corrected chi connectivity index (χ4v) is 10.5. The minimum Gasteiger partial charge on any atom is -0.497 e. The van der Waals surface area contributed by atoms with Crippen LogP contribution in [0.5, 0.6) is 11.5 Å². The number of anilines is 1. The van der Waals surface area contributed by atoms with Gasteiger partial charge in [0.2, 0.25) is 11.8 Å². The smallest absolute Gasteiger partial charge is 0.408 e. The summed E-state index contributed by atoms with van der Waals surface area (Å²) in [6.07, 6.45) is 2.86. The van der Waals surface area contributed by atoms with Crippen LogP contribution in [0.3, 0.4) is 0 Å². The number of carbonyl (C=O) groups is 5. The SMILES string of the molecule is COc1ccc2c(O[C@@H]3C[C@H]4C(=O)N[C@]5(C(=O)O)CC5/C=C\CCCCC[C@H](NC(=O)OC(C(=O)N(C)S(=O)(=O)c5ccccc5)C(C)(C)C)C(=O)N4C3)cc(-c3csc(NC(C)C)n3)nc2c1. The molecule has 0 spiro atoms. The first-order valence-corrected chi connectivity index (χ1v) is 25.0. The third-order valence-electron chi connectivity index (χ3n) is 12.3. The van der Waals surface area contributed by atoms with Crippen molar-refractivity contribution < 1.29 is 51.7 Å². The zero-order valence-corrected chi connectivity index (χ0v) is 40.8. The minimum atomic E-state index is -4.33. The van der Waals surface area contributed by atoms with Crippen molar-refractivity contribution in [3.63, 3.8) is 0 Å². The number of methoxy groups -OCH3 is 1. The lowest BCUT2D eigenvalue weighted by Crippen LogP contribution is -2.57. The fraction of sp³-hybridized carbons (Fsp3) is 0.479. The Labute approximate surface area is 399 Å². The monoisotopic (exact) mass is 973 g/mol. The lowest BCUT2D eigenvalue weighted by atomic mass is 9.88. The minimum absolute atomic E-state index is 0.0395. The number of hydrogen-bond acceptors (Lipinski definition) is 14. The molecule has 68 heavy (non-hydrogen) atoms. The van der Waals surface area contributed by atoms with Gasteiger partial charge in [-0.3, -0.25) is 14.4 Å². The average Bonchev–Trinajstić information content (AvgIpc) is 3.55. The first-order valence-electron chi connectivity index (χ1n) is 22.7. The molecule has 2 aromatic heterocycles. The summed E-state index contributed by atoms with van der Waals surface area (Å²) in [6, 6.07) is 12.1. The number of nitrogens with zero attached hydrogens (tertiary/aromatic N) is 4. The molecule has 0 radical (unpaired) electrons. The van der Waals surface area contributed by atoms with Crippen molar-refractivity contribution in [2.24, 2.45) is 11.3 Å². The summed E-state index contributed by atoms with van der Waals surface area (Å²) in [7, 11) is -1.69. The van der Waals surface area contributed by atoms with Gasteiger partial charge in [0, 0.05) is 53.7 Å². The van der Waals surface area contributed by atoms with E-state index in [9.17, 15) is 37.5 Å². The van der Waals surface area contributed by atoms with Crippen molar-refractivity contribution in [3.8, 4) is 22.9 Å². The van der Waals surface area contributed by atoms with Crippen molar-refractivity contribution in [1.82, 2.24) is 29.8 Å². The highest BCUT2D eigenvalue weighted by Crippen LogP contribution is 2.46. The van der Waals surface area contributed by atoms with Gasteiger partial charge in [0.25, 0.3) is 15.9 Å². The number of carboxylic acids is 1. The second-order valence-electron chi connectivity index (χ2n) is 18.8. The number of fused-ring (bicyclic) bond motifs is 3. The highest BCUT2D eigenvalue weighted by Gasteiger charge is 2.61. The Kier molecular flexibility index (Phi) is 14.7. The molecular formula is C48H59N7O11S2. The van der Waals surface area contributed by atoms with Gasteiger partial charge in [-0.2, -0.15) is 0 Å². The van der Waals surface area contributed by atoms with E-state index in [1.807, 2.05) is 31.4 Å². The predicted octanol–water partition coefficient (Wildman–Crippen LogP) is 6.37. The number of sulfonamides is 1. The van der Waals surface area contributed by atoms with Crippen LogP contribution in [0.2, 0.25) is 0 Å². The van der Waals surface area contributed by atoms with Crippen LogP contribution in [0.25, 0.3) is 22.3 Å². The Bertz CT molecular complexity index is 2690. The number of pyridine rings is 1. The topological polar surface area (TPSA) is 236 Å². The Morgan fingerprint density at radius 3 is 2.47 bits per heavy atom. The highest BCUT2D eigenvalue weighted by atomic mass is 32.2. The fourth-order valence-electron chi connectivity index (χ4n) is 8.48. The van der Waals surface area contributed by atoms with Crippen molar-refractivity contribution in [2.45, 2.75) is 120 Å². The molecule has 1 aliphatic carbocycles. The van der Waals surface area contributed by atoms with Crippen molar-refractivity contribution in [1.29, 1.82) is 0 Å². The third-order valence-corrected chi connectivity index (χ3v) is 14.9. The van der Waals surface area contributed by atoms with Gasteiger partial charge < -0.3 is 40.2 Å². The summed E-state index contributed by atoms with van der Waals surface area (Å²) >= 11 is 1.42. The number of thiazole rings is 1. The number of rotatable bonds is 12. The summed E-state index contributed by atoms with van der Waals surface area (Å²) in [4.78, 5) is 80.8. The van der Waals surface area contributed by atoms with Crippen LogP contribution in [0, 0.1) is 11.3 Å². The zero-order chi connectivity index (χ0) is 49.1. The van der Waals surface area contributed by atoms with Gasteiger partial charge in [-0.1, -0.05) is 64.0 Å². The van der Waals surface area contributed by atoms with Crippen molar-refractivity contribution in [3.05, 3.63) is 72.1 Å². The van der Waals surface area contributed by atoms with Gasteiger partial charge in [0.1, 0.15) is 40.9 Å². The highest BCUT2D eigenvalue weighted by molar-refractivity contribution is 7.89. The summed E-state index contributed by atoms with van der Waals surface area (Å²) in [5, 5.41) is 22.3. The predicted molar refractivity (Wildman–Crippen MR) is 255 cm³/mol. The molecule has 2 fully saturated rings. The van der Waals surface area contributed by atoms with E-state index < -0.39 is 81.0 Å². The first-order chi connectivity index (χ1) is 32.2. The number of benzene rings is 2. The number of amides is 4. The normalized spacial score (nSPS) is 23.2. The molecular weight excluding hydrogens is 915 g/mol. The van der Waals surface area contributed by atoms with E-state index in [1.54, 1.807) is 58.2 Å². The summed E-state index contributed by atoms with van der Waals surface area (Å²) in [6.45, 7) is 8.72. The number of alkyl carbamates (subject to hydrolysis) is 1. The molecule has 3 aliphatic rings. The second-order valence-corrected chi connectivity index (χ2v) is 21.6. The van der Waals surface area contributed by atoms with Crippen LogP contribution < -0.4 is 25.4 Å². The van der Waals surface area contributed by atoms with E-state index in [0.717, 1.165) is 7.05 Å². The zero-order valence-electron chi connectivity index (χ0n) is 39.2. The number of carbonyl (C=O) groups excluding carboxylic acids is 4. The molecule has 1 saturated carbocycles. The number of likely N-dealkylation sites (N-methyl/N-ethyl adjacent to an activating group) is 1. The van der Waals surface area contributed by atoms with Crippen LogP contribution in [0.4, 0.5) is 9.93 Å². The average molecular weight is 974 g/mol. The van der Waals surface area contributed by atoms with Crippen molar-refractivity contribution in [2.75, 3.05) is 26.0 Å². The summed E-state index contributed by atoms with van der Waals surface area (Å²) < 4.78 is 45.5. The molecule has 4 aromatic rings. The van der Waals surface area contributed by atoms with E-state index in [2.05, 4.69) is 16.0 Å². The summed E-state index contributed by atoms with van der Waals surface area (Å²) in [5.41, 5.74) is -1.03. The van der Waals surface area contributed by atoms with Crippen LogP contribution in [-0.2, 0) is 33.9 Å². The Hall–Kier alpha value is -6.28. The van der Waals surface area contributed by atoms with Gasteiger partial charge in [-0.15, -0.1) is 11.3 Å². The molecule has 6 atom stereocenters. The standard InChI is InChI=1S/C48H59N7O11S2/c1-28(2)49-45-51-37(27-67-45)36-24-39(33-21-20-30(64-7)22-35(33)50-36)65-31-23-38-41(56)53-48(44(59)60)25-29(48)16-12-9-8-10-15-19-34(42(57)55(38)26-31)52-46(61)66-40(47(3,4)5)43(58)54(6)68(62,63)32-17-13-11-14-18-32/h11-14,16-18,20-22,24,27-29,31,34,38,40H,8-10,15,19,23,25-26H2,1-7H3,(H,49,51)(H,52,61)(H,53,56)(H,59,60)/b16-12-/t29?,31-,34+,38+,40?,48-/m1/s1. The molecule has 4 amide bonds. The lowest BCUT2D eigenvalue weighted by Gasteiger charge is -2.33. The molecule has 20 heteroatoms. The van der Waals surface area contributed by atoms with Gasteiger partial charge in [-0.25, -0.2) is 32.3 Å². The maximum absolute atomic E-state index is 15.0. The number of aliphatic carboxylic acids is 1. The van der Waals surface area contributed by atoms with Gasteiger partial charge in [0.15, 0.2) is 11.2 Å². The molecule has 4 heterocycles. The number of nitrogens with one attached hydrogen (secondary N) is 3. The van der Waals surface area contributed by atoms with Gasteiger partial charge in [0.05, 0.1) is 29.8 Å². The van der Waals surface area contributed by atoms with Crippen molar-refractivity contribution >= 4 is 67.2 Å². The molecule has 4 N–H and O–H groups in total. The van der Waals surface area contributed by atoms with Crippen LogP contribution >= 0.6 is 11.3 Å². The molecule has 2 aromatic carbocycles. The van der Waals surface area contributed by atoms with Crippen LogP contribution in [0.1, 0.15) is 79.6 Å². The quantitative estimate of drug-likeness (QED) is 0.113. The molecule has 18 nitrogen and oxygen atoms in total. The van der Waals surface area contributed by atoms with E-state index in [1.165, 1.54) is 40.5 Å². The molecule has 1 saturated heterocycles. The Morgan fingerprint density at radius 1 is 1.03 bits per heavy atom. The molecule has 0 bridgehead atoms. The summed E-state index contributed by atoms with van der Waals surface area (Å²) in [5.74, 6) is -3.05. The van der Waals surface area contributed by atoms with Crippen LogP contribution in [-0.4, -0.2) is 119 Å². The number of ether oxygens (including phenoxy) is 3. The van der Waals surface area contributed by atoms with E-state index in [4.69, 9.17) is 24.2 Å². The van der Waals surface area contributed by atoms with Gasteiger partial charge in [-0.05, 0) is 63.8 Å². The lowest BCUT2D eigenvalue weighted by molar-refractivity contribution is -0.145. The molecule has 7 rings (SSSR count). The molecule has 364 valence electrons. The largest absolute Gasteiger partial charge is 0.497 e. The third kappa shape index (κ3) is 10.9. The molecule has 2 unspecified atom stereocenters. The van der Waals surface area contributed by atoms with E-state index >= 15 is 0 Å². The number of carboxylic acid groups (broad SMARTS) is 1. The first kappa shape index (κ1) is 49.6. The van der Waals surface area contributed by atoms with E-state index in [0.29, 0.717) is 68.9 Å². The number of aromatic nitrogens is 2.